The Hall–Kier alpha value is -1.19. The fourth-order valence-electron chi connectivity index (χ4n) is 1.49. The quantitative estimate of drug-likeness (QED) is 0.816. The fourth-order valence-corrected chi connectivity index (χ4v) is 2.01. The monoisotopic (exact) mass is 204 g/mol. The molecule has 0 aliphatic heterocycles. The van der Waals surface area contributed by atoms with Crippen LogP contribution in [0.25, 0.3) is 11.3 Å². The first-order valence-corrected chi connectivity index (χ1v) is 5.35. The number of aromatic nitrogens is 1. The van der Waals surface area contributed by atoms with Crippen LogP contribution in [0.3, 0.4) is 0 Å². The van der Waals surface area contributed by atoms with E-state index in [-0.39, 0.29) is 0 Å². The molecule has 0 radical (unpaired) electrons. The minimum Gasteiger partial charge on any atom is -0.326 e. The second kappa shape index (κ2) is 3.90. The average molecular weight is 204 g/mol. The highest BCUT2D eigenvalue weighted by atomic mass is 32.1. The normalized spacial score (nSPS) is 10.4. The van der Waals surface area contributed by atoms with E-state index in [9.17, 15) is 0 Å². The van der Waals surface area contributed by atoms with Crippen molar-refractivity contribution >= 4 is 11.5 Å². The van der Waals surface area contributed by atoms with Gasteiger partial charge >= 0.3 is 0 Å². The van der Waals surface area contributed by atoms with Gasteiger partial charge in [-0.25, -0.2) is 0 Å². The lowest BCUT2D eigenvalue weighted by atomic mass is 10.0. The topological polar surface area (TPSA) is 38.9 Å². The van der Waals surface area contributed by atoms with E-state index in [4.69, 9.17) is 5.73 Å². The molecule has 1 heterocycles. The summed E-state index contributed by atoms with van der Waals surface area (Å²) in [6, 6.07) is 8.30. The molecular formula is C11H12N2S. The summed E-state index contributed by atoms with van der Waals surface area (Å²) in [6.07, 6.45) is 0. The minimum atomic E-state index is 0.595. The molecule has 2 N–H and O–H groups in total. The molecule has 72 valence electrons. The van der Waals surface area contributed by atoms with Crippen molar-refractivity contribution in [2.75, 3.05) is 0 Å². The van der Waals surface area contributed by atoms with E-state index in [1.165, 1.54) is 28.2 Å². The maximum absolute atomic E-state index is 5.57. The Balaban J connectivity index is 2.46. The highest BCUT2D eigenvalue weighted by molar-refractivity contribution is 7.03. The molecule has 0 spiro atoms. The fraction of sp³-hybridized carbons (Fsp3) is 0.182. The summed E-state index contributed by atoms with van der Waals surface area (Å²) in [7, 11) is 0. The zero-order chi connectivity index (χ0) is 9.97. The molecule has 2 aromatic rings. The van der Waals surface area contributed by atoms with Gasteiger partial charge in [0.15, 0.2) is 0 Å². The molecule has 14 heavy (non-hydrogen) atoms. The Morgan fingerprint density at radius 2 is 2.21 bits per heavy atom. The summed E-state index contributed by atoms with van der Waals surface area (Å²) < 4.78 is 4.31. The summed E-state index contributed by atoms with van der Waals surface area (Å²) in [5, 5.41) is 1.99. The number of hydrogen-bond donors (Lipinski definition) is 1. The van der Waals surface area contributed by atoms with Crippen molar-refractivity contribution in [3.05, 3.63) is 40.8 Å². The van der Waals surface area contributed by atoms with Crippen LogP contribution in [-0.2, 0) is 6.54 Å². The molecule has 0 aliphatic carbocycles. The Kier molecular flexibility index (Phi) is 2.61. The zero-order valence-electron chi connectivity index (χ0n) is 8.03. The van der Waals surface area contributed by atoms with Gasteiger partial charge < -0.3 is 5.73 Å². The molecule has 0 unspecified atom stereocenters. The maximum Gasteiger partial charge on any atom is 0.0843 e. The van der Waals surface area contributed by atoms with E-state index >= 15 is 0 Å². The van der Waals surface area contributed by atoms with Gasteiger partial charge in [-0.1, -0.05) is 18.2 Å². The number of rotatable bonds is 2. The number of aryl methyl sites for hydroxylation is 1. The lowest BCUT2D eigenvalue weighted by Crippen LogP contribution is -1.96. The molecule has 1 aromatic heterocycles. The van der Waals surface area contributed by atoms with E-state index in [0.29, 0.717) is 6.54 Å². The first kappa shape index (κ1) is 9.37. The van der Waals surface area contributed by atoms with Crippen LogP contribution in [0.4, 0.5) is 0 Å². The largest absolute Gasteiger partial charge is 0.326 e. The molecule has 0 amide bonds. The molecule has 2 rings (SSSR count). The maximum atomic E-state index is 5.57. The molecule has 0 atom stereocenters. The van der Waals surface area contributed by atoms with Crippen molar-refractivity contribution in [2.24, 2.45) is 5.73 Å². The van der Waals surface area contributed by atoms with Crippen LogP contribution in [-0.4, -0.2) is 4.37 Å². The van der Waals surface area contributed by atoms with Crippen LogP contribution in [0, 0.1) is 6.92 Å². The first-order chi connectivity index (χ1) is 6.81. The number of nitrogens with two attached hydrogens (primary N) is 1. The highest BCUT2D eigenvalue weighted by Gasteiger charge is 2.03. The predicted octanol–water partition coefficient (Wildman–Crippen LogP) is 2.58. The van der Waals surface area contributed by atoms with Crippen molar-refractivity contribution in [3.63, 3.8) is 0 Å². The van der Waals surface area contributed by atoms with E-state index in [0.717, 1.165) is 5.69 Å². The second-order valence-electron chi connectivity index (χ2n) is 3.24. The van der Waals surface area contributed by atoms with Crippen LogP contribution < -0.4 is 5.73 Å². The molecule has 0 fully saturated rings. The lowest BCUT2D eigenvalue weighted by molar-refractivity contribution is 1.07. The average Bonchev–Trinajstić information content (AvgIpc) is 2.70. The third kappa shape index (κ3) is 1.69. The van der Waals surface area contributed by atoms with Crippen LogP contribution in [0.15, 0.2) is 29.6 Å². The van der Waals surface area contributed by atoms with Crippen molar-refractivity contribution in [2.45, 2.75) is 13.5 Å². The van der Waals surface area contributed by atoms with Gasteiger partial charge in [-0.3, -0.25) is 0 Å². The summed E-state index contributed by atoms with van der Waals surface area (Å²) in [4.78, 5) is 0. The van der Waals surface area contributed by atoms with Crippen molar-refractivity contribution in [3.8, 4) is 11.3 Å². The summed E-state index contributed by atoms with van der Waals surface area (Å²) in [5.74, 6) is 0. The van der Waals surface area contributed by atoms with Gasteiger partial charge in [-0.2, -0.15) is 4.37 Å². The highest BCUT2D eigenvalue weighted by Crippen LogP contribution is 2.23. The Morgan fingerprint density at radius 1 is 1.36 bits per heavy atom. The Bertz CT molecular complexity index is 421. The van der Waals surface area contributed by atoms with E-state index < -0.39 is 0 Å². The molecule has 0 saturated carbocycles. The van der Waals surface area contributed by atoms with Crippen LogP contribution in [0.5, 0.6) is 0 Å². The molecule has 0 aliphatic rings. The SMILES string of the molecule is Cc1cc(CN)ccc1-c1ccsn1. The zero-order valence-corrected chi connectivity index (χ0v) is 8.84. The summed E-state index contributed by atoms with van der Waals surface area (Å²) in [5.41, 5.74) is 10.2. The Morgan fingerprint density at radius 3 is 2.79 bits per heavy atom. The minimum absolute atomic E-state index is 0.595. The van der Waals surface area contributed by atoms with Crippen molar-refractivity contribution in [1.29, 1.82) is 0 Å². The number of benzene rings is 1. The van der Waals surface area contributed by atoms with Crippen LogP contribution in [0.2, 0.25) is 0 Å². The summed E-state index contributed by atoms with van der Waals surface area (Å²) in [6.45, 7) is 2.69. The molecular weight excluding hydrogens is 192 g/mol. The molecule has 3 heteroatoms. The van der Waals surface area contributed by atoms with Gasteiger partial charge in [0.2, 0.25) is 0 Å². The van der Waals surface area contributed by atoms with Gasteiger partial charge in [-0.05, 0) is 35.6 Å². The standard InChI is InChI=1S/C11H12N2S/c1-8-6-9(7-12)2-3-10(8)11-4-5-14-13-11/h2-6H,7,12H2,1H3. The first-order valence-electron chi connectivity index (χ1n) is 4.51. The van der Waals surface area contributed by atoms with E-state index in [2.05, 4.69) is 29.5 Å². The van der Waals surface area contributed by atoms with Crippen molar-refractivity contribution < 1.29 is 0 Å². The smallest absolute Gasteiger partial charge is 0.0843 e. The summed E-state index contributed by atoms with van der Waals surface area (Å²) >= 11 is 1.48. The third-order valence-corrected chi connectivity index (χ3v) is 2.80. The van der Waals surface area contributed by atoms with Crippen molar-refractivity contribution in [1.82, 2.24) is 4.37 Å². The number of nitrogens with zero attached hydrogens (tertiary/aromatic N) is 1. The molecule has 0 saturated heterocycles. The third-order valence-electron chi connectivity index (χ3n) is 2.24. The number of hydrogen-bond acceptors (Lipinski definition) is 3. The van der Waals surface area contributed by atoms with Crippen LogP contribution >= 0.6 is 11.5 Å². The van der Waals surface area contributed by atoms with Gasteiger partial charge in [-0.15, -0.1) is 0 Å². The van der Waals surface area contributed by atoms with Crippen LogP contribution in [0.1, 0.15) is 11.1 Å². The van der Waals surface area contributed by atoms with Gasteiger partial charge in [0.1, 0.15) is 0 Å². The van der Waals surface area contributed by atoms with Gasteiger partial charge in [0.05, 0.1) is 5.69 Å². The molecule has 0 bridgehead atoms. The molecule has 1 aromatic carbocycles. The lowest BCUT2D eigenvalue weighted by Gasteiger charge is -2.04. The Labute approximate surface area is 87.6 Å². The molecule has 2 nitrogen and oxygen atoms in total. The van der Waals surface area contributed by atoms with Gasteiger partial charge in [0.25, 0.3) is 0 Å². The van der Waals surface area contributed by atoms with E-state index in [1.807, 2.05) is 11.4 Å². The van der Waals surface area contributed by atoms with E-state index in [1.54, 1.807) is 0 Å². The van der Waals surface area contributed by atoms with Gasteiger partial charge in [0, 0.05) is 17.5 Å². The predicted molar refractivity (Wildman–Crippen MR) is 60.2 cm³/mol. The second-order valence-corrected chi connectivity index (χ2v) is 3.90.